The molecule has 1 saturated heterocycles. The molecule has 1 fully saturated rings. The van der Waals surface area contributed by atoms with Crippen LogP contribution in [-0.4, -0.2) is 35.9 Å². The first-order valence-corrected chi connectivity index (χ1v) is 6.91. The maximum atomic E-state index is 12.9. The highest BCUT2D eigenvalue weighted by atomic mass is 32.2. The molecule has 1 rings (SSSR count). The molecule has 0 radical (unpaired) electrons. The van der Waals surface area contributed by atoms with Crippen LogP contribution in [0.15, 0.2) is 0 Å². The lowest BCUT2D eigenvalue weighted by Gasteiger charge is -2.23. The average Bonchev–Trinajstić information content (AvgIpc) is 2.28. The lowest BCUT2D eigenvalue weighted by molar-refractivity contribution is -0.222. The van der Waals surface area contributed by atoms with Crippen molar-refractivity contribution in [3.05, 3.63) is 0 Å². The fourth-order valence-electron chi connectivity index (χ4n) is 1.62. The van der Waals surface area contributed by atoms with Gasteiger partial charge in [-0.15, -0.1) is 0 Å². The SMILES string of the molecule is CC(F)(F)C(F)(F)C(=O)OCCC1CCSCC1. The first kappa shape index (κ1) is 15.6. The van der Waals surface area contributed by atoms with E-state index in [2.05, 4.69) is 4.74 Å². The molecule has 2 nitrogen and oxygen atoms in total. The van der Waals surface area contributed by atoms with E-state index >= 15 is 0 Å². The number of carbonyl (C=O) groups excluding carboxylic acids is 1. The summed E-state index contributed by atoms with van der Waals surface area (Å²) in [7, 11) is 0. The first-order valence-electron chi connectivity index (χ1n) is 5.75. The monoisotopic (exact) mass is 288 g/mol. The van der Waals surface area contributed by atoms with Crippen molar-refractivity contribution in [1.29, 1.82) is 0 Å². The third-order valence-corrected chi connectivity index (χ3v) is 3.96. The number of hydrogen-bond acceptors (Lipinski definition) is 3. The Kier molecular flexibility index (Phi) is 5.31. The zero-order valence-corrected chi connectivity index (χ0v) is 10.9. The van der Waals surface area contributed by atoms with E-state index in [1.807, 2.05) is 11.8 Å². The standard InChI is InChI=1S/C11H16F4O2S/c1-10(12,13)11(14,15)9(16)17-5-2-8-3-6-18-7-4-8/h8H,2-7H2,1H3. The predicted molar refractivity (Wildman–Crippen MR) is 61.2 cm³/mol. The third kappa shape index (κ3) is 4.03. The summed E-state index contributed by atoms with van der Waals surface area (Å²) < 4.78 is 54.9. The normalized spacial score (nSPS) is 18.7. The second kappa shape index (κ2) is 6.12. The molecule has 0 aromatic heterocycles. The lowest BCUT2D eigenvalue weighted by Crippen LogP contribution is -2.46. The largest absolute Gasteiger partial charge is 0.461 e. The fourth-order valence-corrected chi connectivity index (χ4v) is 2.83. The van der Waals surface area contributed by atoms with E-state index in [-0.39, 0.29) is 13.5 Å². The van der Waals surface area contributed by atoms with Crippen LogP contribution in [0.4, 0.5) is 17.6 Å². The quantitative estimate of drug-likeness (QED) is 0.573. The van der Waals surface area contributed by atoms with E-state index in [4.69, 9.17) is 0 Å². The first-order chi connectivity index (χ1) is 8.25. The zero-order chi connectivity index (χ0) is 13.8. The van der Waals surface area contributed by atoms with E-state index in [9.17, 15) is 22.4 Å². The molecule has 1 aliphatic heterocycles. The van der Waals surface area contributed by atoms with Crippen molar-refractivity contribution in [2.75, 3.05) is 18.1 Å². The lowest BCUT2D eigenvalue weighted by atomic mass is 9.99. The van der Waals surface area contributed by atoms with Crippen LogP contribution >= 0.6 is 11.8 Å². The molecule has 106 valence electrons. The minimum absolute atomic E-state index is 0.00657. The summed E-state index contributed by atoms with van der Waals surface area (Å²) in [5.41, 5.74) is 0. The molecule has 18 heavy (non-hydrogen) atoms. The number of carbonyl (C=O) groups is 1. The van der Waals surface area contributed by atoms with E-state index in [0.717, 1.165) is 24.3 Å². The van der Waals surface area contributed by atoms with Gasteiger partial charge in [0.05, 0.1) is 6.61 Å². The minimum Gasteiger partial charge on any atom is -0.461 e. The van der Waals surface area contributed by atoms with Crippen LogP contribution in [0.3, 0.4) is 0 Å². The molecule has 0 aliphatic carbocycles. The topological polar surface area (TPSA) is 26.3 Å². The Labute approximate surface area is 107 Å². The number of halogens is 4. The molecule has 7 heteroatoms. The van der Waals surface area contributed by atoms with E-state index in [1.54, 1.807) is 0 Å². The molecule has 1 heterocycles. The smallest absolute Gasteiger partial charge is 0.404 e. The third-order valence-electron chi connectivity index (χ3n) is 2.91. The molecule has 0 spiro atoms. The molecule has 1 aliphatic rings. The van der Waals surface area contributed by atoms with Gasteiger partial charge in [0.2, 0.25) is 0 Å². The van der Waals surface area contributed by atoms with E-state index in [0.29, 0.717) is 12.3 Å². The van der Waals surface area contributed by atoms with Gasteiger partial charge in [-0.25, -0.2) is 4.79 Å². The van der Waals surface area contributed by atoms with Crippen LogP contribution in [0, 0.1) is 5.92 Å². The van der Waals surface area contributed by atoms with Gasteiger partial charge < -0.3 is 4.74 Å². The van der Waals surface area contributed by atoms with Gasteiger partial charge in [-0.1, -0.05) is 0 Å². The number of thioether (sulfide) groups is 1. The van der Waals surface area contributed by atoms with Crippen LogP contribution in [0.25, 0.3) is 0 Å². The summed E-state index contributed by atoms with van der Waals surface area (Å²) in [6.45, 7) is -0.216. The fraction of sp³-hybridized carbons (Fsp3) is 0.909. The minimum atomic E-state index is -4.75. The summed E-state index contributed by atoms with van der Waals surface area (Å²) >= 11 is 1.82. The van der Waals surface area contributed by atoms with Gasteiger partial charge in [0.15, 0.2) is 0 Å². The van der Waals surface area contributed by atoms with Crippen LogP contribution in [0.5, 0.6) is 0 Å². The number of rotatable bonds is 5. The Morgan fingerprint density at radius 2 is 1.83 bits per heavy atom. The van der Waals surface area contributed by atoms with Gasteiger partial charge in [0, 0.05) is 6.92 Å². The number of esters is 1. The number of ether oxygens (including phenoxy) is 1. The van der Waals surface area contributed by atoms with Crippen LogP contribution < -0.4 is 0 Å². The van der Waals surface area contributed by atoms with Crippen molar-refractivity contribution < 1.29 is 27.1 Å². The highest BCUT2D eigenvalue weighted by Crippen LogP contribution is 2.34. The van der Waals surface area contributed by atoms with E-state index < -0.39 is 17.8 Å². The van der Waals surface area contributed by atoms with Gasteiger partial charge in [0.1, 0.15) is 0 Å². The molecule has 0 aromatic rings. The van der Waals surface area contributed by atoms with Gasteiger partial charge in [-0.3, -0.25) is 0 Å². The summed E-state index contributed by atoms with van der Waals surface area (Å²) in [6, 6.07) is 0. The van der Waals surface area contributed by atoms with Crippen molar-refractivity contribution in [3.8, 4) is 0 Å². The summed E-state index contributed by atoms with van der Waals surface area (Å²) in [5, 5.41) is 0. The zero-order valence-electron chi connectivity index (χ0n) is 10.1. The highest BCUT2D eigenvalue weighted by Gasteiger charge is 2.60. The van der Waals surface area contributed by atoms with Gasteiger partial charge in [-0.05, 0) is 36.7 Å². The Morgan fingerprint density at radius 1 is 1.28 bits per heavy atom. The van der Waals surface area contributed by atoms with Gasteiger partial charge in [0.25, 0.3) is 0 Å². The number of hydrogen-bond donors (Lipinski definition) is 0. The van der Waals surface area contributed by atoms with Crippen molar-refractivity contribution in [3.63, 3.8) is 0 Å². The molecule has 0 unspecified atom stereocenters. The van der Waals surface area contributed by atoms with Crippen molar-refractivity contribution in [2.24, 2.45) is 5.92 Å². The van der Waals surface area contributed by atoms with Gasteiger partial charge >= 0.3 is 17.8 Å². The molecule has 0 amide bonds. The average molecular weight is 288 g/mol. The second-order valence-electron chi connectivity index (χ2n) is 4.44. The molecular formula is C11H16F4O2S. The summed E-state index contributed by atoms with van der Waals surface area (Å²) in [5.74, 6) is -8.96. The molecule has 0 bridgehead atoms. The maximum absolute atomic E-state index is 12.9. The molecule has 0 atom stereocenters. The Balaban J connectivity index is 2.32. The van der Waals surface area contributed by atoms with Crippen molar-refractivity contribution >= 4 is 17.7 Å². The van der Waals surface area contributed by atoms with Crippen LogP contribution in [0.1, 0.15) is 26.2 Å². The summed E-state index contributed by atoms with van der Waals surface area (Å²) in [6.07, 6.45) is 2.35. The summed E-state index contributed by atoms with van der Waals surface area (Å²) in [4.78, 5) is 10.9. The van der Waals surface area contributed by atoms with Gasteiger partial charge in [-0.2, -0.15) is 29.3 Å². The molecular weight excluding hydrogens is 272 g/mol. The predicted octanol–water partition coefficient (Wildman–Crippen LogP) is 3.35. The van der Waals surface area contributed by atoms with Crippen molar-refractivity contribution in [2.45, 2.75) is 38.0 Å². The molecule has 0 saturated carbocycles. The maximum Gasteiger partial charge on any atom is 0.404 e. The second-order valence-corrected chi connectivity index (χ2v) is 5.67. The Bertz CT molecular complexity index is 285. The highest BCUT2D eigenvalue weighted by molar-refractivity contribution is 7.99. The van der Waals surface area contributed by atoms with Crippen LogP contribution in [-0.2, 0) is 9.53 Å². The Hall–Kier alpha value is -0.460. The van der Waals surface area contributed by atoms with E-state index in [1.165, 1.54) is 0 Å². The molecule has 0 N–H and O–H groups in total. The number of alkyl halides is 4. The van der Waals surface area contributed by atoms with Crippen molar-refractivity contribution in [1.82, 2.24) is 0 Å². The molecule has 0 aromatic carbocycles. The van der Waals surface area contributed by atoms with Crippen LogP contribution in [0.2, 0.25) is 0 Å². The Morgan fingerprint density at radius 3 is 2.33 bits per heavy atom.